The molecule has 0 bridgehead atoms. The van der Waals surface area contributed by atoms with E-state index in [2.05, 4.69) is 4.90 Å². The van der Waals surface area contributed by atoms with Crippen LogP contribution in [0.5, 0.6) is 0 Å². The van der Waals surface area contributed by atoms with Gasteiger partial charge in [0.15, 0.2) is 0 Å². The fourth-order valence-corrected chi connectivity index (χ4v) is 2.22. The van der Waals surface area contributed by atoms with Crippen molar-refractivity contribution in [2.24, 2.45) is 5.73 Å². The molecule has 1 rings (SSSR count). The van der Waals surface area contributed by atoms with Crippen LogP contribution in [0.15, 0.2) is 0 Å². The number of nitrogens with zero attached hydrogens (tertiary/aromatic N) is 1. The van der Waals surface area contributed by atoms with Gasteiger partial charge >= 0.3 is 0 Å². The van der Waals surface area contributed by atoms with Gasteiger partial charge in [0.1, 0.15) is 0 Å². The number of thioether (sulfide) groups is 1. The van der Waals surface area contributed by atoms with Crippen molar-refractivity contribution in [3.63, 3.8) is 0 Å². The Hall–Kier alpha value is -0.220. The zero-order valence-corrected chi connectivity index (χ0v) is 8.20. The Morgan fingerprint density at radius 1 is 1.42 bits per heavy atom. The molecular formula is C8H17N3S. The van der Waals surface area contributed by atoms with Crippen molar-refractivity contribution in [2.75, 3.05) is 31.1 Å². The third kappa shape index (κ3) is 3.97. The van der Waals surface area contributed by atoms with Crippen molar-refractivity contribution in [1.82, 2.24) is 4.90 Å². The van der Waals surface area contributed by atoms with Crippen LogP contribution in [0.4, 0.5) is 0 Å². The normalized spacial score (nSPS) is 20.3. The standard InChI is InChI=1S/C8H17N3S/c9-8(10)2-4-11-3-1-6-12-7-5-11/h1-7H2,(H3,9,10). The molecule has 3 N–H and O–H groups in total. The lowest BCUT2D eigenvalue weighted by atomic mass is 10.3. The Balaban J connectivity index is 2.16. The number of hydrogen-bond donors (Lipinski definition) is 2. The van der Waals surface area contributed by atoms with Gasteiger partial charge in [-0.2, -0.15) is 11.8 Å². The molecule has 3 nitrogen and oxygen atoms in total. The number of rotatable bonds is 3. The molecule has 70 valence electrons. The summed E-state index contributed by atoms with van der Waals surface area (Å²) >= 11 is 2.03. The van der Waals surface area contributed by atoms with Gasteiger partial charge in [0.25, 0.3) is 0 Å². The molecule has 1 aliphatic heterocycles. The summed E-state index contributed by atoms with van der Waals surface area (Å²) in [6.45, 7) is 3.31. The monoisotopic (exact) mass is 187 g/mol. The van der Waals surface area contributed by atoms with E-state index in [9.17, 15) is 0 Å². The highest BCUT2D eigenvalue weighted by atomic mass is 32.2. The van der Waals surface area contributed by atoms with Crippen LogP contribution in [-0.2, 0) is 0 Å². The van der Waals surface area contributed by atoms with Crippen LogP contribution in [0.3, 0.4) is 0 Å². The molecule has 4 heteroatoms. The minimum absolute atomic E-state index is 0.312. The summed E-state index contributed by atoms with van der Waals surface area (Å²) in [4.78, 5) is 2.40. The molecule has 1 heterocycles. The van der Waals surface area contributed by atoms with E-state index in [4.69, 9.17) is 11.1 Å². The third-order valence-electron chi connectivity index (χ3n) is 2.01. The van der Waals surface area contributed by atoms with Crippen LogP contribution in [0, 0.1) is 5.41 Å². The molecule has 0 spiro atoms. The molecule has 1 aliphatic rings. The SMILES string of the molecule is N=C(N)CCN1CCCSCC1. The smallest absolute Gasteiger partial charge is 0.0918 e. The number of nitrogens with one attached hydrogen (secondary N) is 1. The third-order valence-corrected chi connectivity index (χ3v) is 3.06. The minimum Gasteiger partial charge on any atom is -0.388 e. The largest absolute Gasteiger partial charge is 0.388 e. The van der Waals surface area contributed by atoms with E-state index < -0.39 is 0 Å². The first kappa shape index (κ1) is 9.86. The van der Waals surface area contributed by atoms with Gasteiger partial charge in [0.05, 0.1) is 5.84 Å². The quantitative estimate of drug-likeness (QED) is 0.506. The number of nitrogens with two attached hydrogens (primary N) is 1. The molecule has 0 aliphatic carbocycles. The predicted octanol–water partition coefficient (Wildman–Crippen LogP) is 0.751. The molecule has 12 heavy (non-hydrogen) atoms. The first-order chi connectivity index (χ1) is 5.79. The highest BCUT2D eigenvalue weighted by Crippen LogP contribution is 2.09. The molecule has 0 radical (unpaired) electrons. The van der Waals surface area contributed by atoms with Gasteiger partial charge in [-0.3, -0.25) is 5.41 Å². The van der Waals surface area contributed by atoms with Crippen molar-refractivity contribution in [3.05, 3.63) is 0 Å². The topological polar surface area (TPSA) is 53.1 Å². The molecule has 0 aromatic heterocycles. The van der Waals surface area contributed by atoms with Gasteiger partial charge < -0.3 is 10.6 Å². The van der Waals surface area contributed by atoms with E-state index in [-0.39, 0.29) is 0 Å². The van der Waals surface area contributed by atoms with Crippen LogP contribution in [0.2, 0.25) is 0 Å². The molecule has 1 saturated heterocycles. The lowest BCUT2D eigenvalue weighted by Gasteiger charge is -2.18. The zero-order chi connectivity index (χ0) is 8.81. The molecule has 1 fully saturated rings. The number of hydrogen-bond acceptors (Lipinski definition) is 3. The van der Waals surface area contributed by atoms with Crippen LogP contribution in [-0.4, -0.2) is 41.9 Å². The number of amidine groups is 1. The Kier molecular flexibility index (Phi) is 4.46. The highest BCUT2D eigenvalue weighted by molar-refractivity contribution is 7.99. The van der Waals surface area contributed by atoms with Crippen LogP contribution in [0.1, 0.15) is 12.8 Å². The maximum Gasteiger partial charge on any atom is 0.0918 e. The molecular weight excluding hydrogens is 170 g/mol. The summed E-state index contributed by atoms with van der Waals surface area (Å²) in [5.41, 5.74) is 5.30. The van der Waals surface area contributed by atoms with E-state index in [0.717, 1.165) is 19.5 Å². The summed E-state index contributed by atoms with van der Waals surface area (Å²) in [7, 11) is 0. The lowest BCUT2D eigenvalue weighted by Crippen LogP contribution is -2.29. The molecule has 0 aromatic rings. The summed E-state index contributed by atoms with van der Waals surface area (Å²) in [6.07, 6.45) is 2.01. The van der Waals surface area contributed by atoms with Crippen LogP contribution in [0.25, 0.3) is 0 Å². The average molecular weight is 187 g/mol. The molecule has 0 aromatic carbocycles. The average Bonchev–Trinajstić information content (AvgIpc) is 2.28. The summed E-state index contributed by atoms with van der Waals surface area (Å²) in [6, 6.07) is 0. The van der Waals surface area contributed by atoms with E-state index in [0.29, 0.717) is 5.84 Å². The summed E-state index contributed by atoms with van der Waals surface area (Å²) < 4.78 is 0. The van der Waals surface area contributed by atoms with E-state index in [1.165, 1.54) is 24.5 Å². The van der Waals surface area contributed by atoms with Crippen LogP contribution < -0.4 is 5.73 Å². The van der Waals surface area contributed by atoms with Gasteiger partial charge in [-0.05, 0) is 18.7 Å². The Morgan fingerprint density at radius 3 is 3.00 bits per heavy atom. The van der Waals surface area contributed by atoms with E-state index >= 15 is 0 Å². The molecule has 0 saturated carbocycles. The second kappa shape index (κ2) is 5.43. The predicted molar refractivity (Wildman–Crippen MR) is 54.9 cm³/mol. The second-order valence-electron chi connectivity index (χ2n) is 3.08. The zero-order valence-electron chi connectivity index (χ0n) is 7.38. The maximum atomic E-state index is 7.11. The molecule has 0 amide bonds. The van der Waals surface area contributed by atoms with Gasteiger partial charge in [-0.15, -0.1) is 0 Å². The van der Waals surface area contributed by atoms with Crippen molar-refractivity contribution in [1.29, 1.82) is 5.41 Å². The van der Waals surface area contributed by atoms with E-state index in [1.54, 1.807) is 0 Å². The lowest BCUT2D eigenvalue weighted by molar-refractivity contribution is 0.304. The molecule has 0 atom stereocenters. The highest BCUT2D eigenvalue weighted by Gasteiger charge is 2.08. The minimum atomic E-state index is 0.312. The summed E-state index contributed by atoms with van der Waals surface area (Å²) in [5.74, 6) is 2.83. The van der Waals surface area contributed by atoms with Crippen molar-refractivity contribution in [3.8, 4) is 0 Å². The van der Waals surface area contributed by atoms with Gasteiger partial charge in [-0.1, -0.05) is 0 Å². The van der Waals surface area contributed by atoms with Crippen molar-refractivity contribution in [2.45, 2.75) is 12.8 Å². The fourth-order valence-electron chi connectivity index (χ4n) is 1.30. The Labute approximate surface area is 78.2 Å². The first-order valence-corrected chi connectivity index (χ1v) is 5.57. The Morgan fingerprint density at radius 2 is 2.25 bits per heavy atom. The molecule has 0 unspecified atom stereocenters. The van der Waals surface area contributed by atoms with Gasteiger partial charge in [-0.25, -0.2) is 0 Å². The maximum absolute atomic E-state index is 7.11. The second-order valence-corrected chi connectivity index (χ2v) is 4.31. The van der Waals surface area contributed by atoms with Crippen molar-refractivity contribution < 1.29 is 0 Å². The van der Waals surface area contributed by atoms with Crippen molar-refractivity contribution >= 4 is 17.6 Å². The van der Waals surface area contributed by atoms with E-state index in [1.807, 2.05) is 11.8 Å². The Bertz CT molecular complexity index is 141. The van der Waals surface area contributed by atoms with Gasteiger partial charge in [0, 0.05) is 25.3 Å². The fraction of sp³-hybridized carbons (Fsp3) is 0.875. The summed E-state index contributed by atoms with van der Waals surface area (Å²) in [5, 5.41) is 7.11. The van der Waals surface area contributed by atoms with Gasteiger partial charge in [0.2, 0.25) is 0 Å². The van der Waals surface area contributed by atoms with Crippen LogP contribution >= 0.6 is 11.8 Å². The first-order valence-electron chi connectivity index (χ1n) is 4.42.